The summed E-state index contributed by atoms with van der Waals surface area (Å²) < 4.78 is 4.76. The van der Waals surface area contributed by atoms with Crippen LogP contribution in [-0.2, 0) is 4.74 Å². The third-order valence-electron chi connectivity index (χ3n) is 1.47. The van der Waals surface area contributed by atoms with E-state index in [1.807, 2.05) is 0 Å². The van der Waals surface area contributed by atoms with Crippen LogP contribution < -0.4 is 0 Å². The highest BCUT2D eigenvalue weighted by Crippen LogP contribution is 2.15. The Morgan fingerprint density at radius 2 is 2.45 bits per heavy atom. The van der Waals surface area contributed by atoms with Crippen molar-refractivity contribution >= 4 is 17.7 Å². The van der Waals surface area contributed by atoms with Gasteiger partial charge in [-0.25, -0.2) is 4.79 Å². The number of halogens is 1. The molecule has 0 saturated carbocycles. The number of carbonyl (C=O) groups excluding carboxylic acids is 1. The minimum absolute atomic E-state index is 0.255. The molecule has 0 aliphatic carbocycles. The van der Waals surface area contributed by atoms with Gasteiger partial charge in [-0.1, -0.05) is 11.6 Å². The van der Waals surface area contributed by atoms with Gasteiger partial charge in [-0.05, 0) is 12.5 Å². The number of amides is 1. The van der Waals surface area contributed by atoms with E-state index in [4.69, 9.17) is 16.3 Å². The van der Waals surface area contributed by atoms with Gasteiger partial charge in [0, 0.05) is 18.6 Å². The second-order valence-corrected chi connectivity index (χ2v) is 2.54. The predicted octanol–water partition coefficient (Wildman–Crippen LogP) is 1.58. The van der Waals surface area contributed by atoms with E-state index in [0.717, 1.165) is 5.57 Å². The molecule has 0 spiro atoms. The molecule has 0 aromatic carbocycles. The third kappa shape index (κ3) is 1.87. The molecule has 1 aliphatic heterocycles. The van der Waals surface area contributed by atoms with Crippen LogP contribution in [0.15, 0.2) is 11.1 Å². The van der Waals surface area contributed by atoms with Gasteiger partial charge in [0.25, 0.3) is 0 Å². The molecule has 0 atom stereocenters. The van der Waals surface area contributed by atoms with E-state index in [1.54, 1.807) is 11.8 Å². The summed E-state index contributed by atoms with van der Waals surface area (Å²) >= 11 is 5.41. The predicted molar refractivity (Wildman–Crippen MR) is 42.5 cm³/mol. The first-order valence-electron chi connectivity index (χ1n) is 3.47. The summed E-state index contributed by atoms with van der Waals surface area (Å²) in [5.74, 6) is 0. The molecule has 0 aromatic rings. The van der Waals surface area contributed by atoms with Crippen molar-refractivity contribution in [2.45, 2.75) is 6.92 Å². The summed E-state index contributed by atoms with van der Waals surface area (Å²) in [5, 5.41) is 0. The van der Waals surface area contributed by atoms with Gasteiger partial charge in [-0.15, -0.1) is 0 Å². The van der Waals surface area contributed by atoms with E-state index in [2.05, 4.69) is 0 Å². The van der Waals surface area contributed by atoms with Crippen LogP contribution in [0.25, 0.3) is 0 Å². The first kappa shape index (κ1) is 8.40. The molecule has 0 unspecified atom stereocenters. The minimum atomic E-state index is -0.255. The summed E-state index contributed by atoms with van der Waals surface area (Å²) in [6.07, 6.45) is -0.255. The maximum absolute atomic E-state index is 10.9. The van der Waals surface area contributed by atoms with Crippen LogP contribution in [0.3, 0.4) is 0 Å². The molecule has 1 fully saturated rings. The lowest BCUT2D eigenvalue weighted by molar-refractivity contribution is 0.101. The molecule has 0 radical (unpaired) electrons. The Morgan fingerprint density at radius 3 is 2.91 bits per heavy atom. The molecule has 1 aliphatic rings. The van der Waals surface area contributed by atoms with Crippen LogP contribution in [-0.4, -0.2) is 30.7 Å². The standard InChI is InChI=1S/C7H10ClNO2/c1-2-11-7(10)9-4-6(3-8)5-9/h3H,2,4-5H2,1H3. The molecule has 0 N–H and O–H groups in total. The van der Waals surface area contributed by atoms with Crippen LogP contribution in [0.4, 0.5) is 4.79 Å². The highest BCUT2D eigenvalue weighted by Gasteiger charge is 2.25. The monoisotopic (exact) mass is 175 g/mol. The van der Waals surface area contributed by atoms with E-state index in [-0.39, 0.29) is 6.09 Å². The number of hydrogen-bond donors (Lipinski definition) is 0. The molecular formula is C7H10ClNO2. The Balaban J connectivity index is 2.26. The van der Waals surface area contributed by atoms with E-state index < -0.39 is 0 Å². The first-order chi connectivity index (χ1) is 5.27. The fourth-order valence-electron chi connectivity index (χ4n) is 0.857. The summed E-state index contributed by atoms with van der Waals surface area (Å²) in [6, 6.07) is 0. The van der Waals surface area contributed by atoms with E-state index in [9.17, 15) is 4.79 Å². The second kappa shape index (κ2) is 3.62. The Hall–Kier alpha value is -0.700. The SMILES string of the molecule is CCOC(=O)N1CC(=CCl)C1. The van der Waals surface area contributed by atoms with Gasteiger partial charge in [0.05, 0.1) is 6.61 Å². The Morgan fingerprint density at radius 1 is 1.82 bits per heavy atom. The molecule has 0 bridgehead atoms. The zero-order valence-electron chi connectivity index (χ0n) is 6.34. The van der Waals surface area contributed by atoms with Gasteiger partial charge in [0.2, 0.25) is 0 Å². The van der Waals surface area contributed by atoms with Crippen molar-refractivity contribution in [3.8, 4) is 0 Å². The van der Waals surface area contributed by atoms with Crippen molar-refractivity contribution in [3.63, 3.8) is 0 Å². The number of likely N-dealkylation sites (tertiary alicyclic amines) is 1. The van der Waals surface area contributed by atoms with Crippen LogP contribution in [0.5, 0.6) is 0 Å². The van der Waals surface area contributed by atoms with Gasteiger partial charge in [-0.2, -0.15) is 0 Å². The summed E-state index contributed by atoms with van der Waals surface area (Å²) in [6.45, 7) is 3.44. The molecule has 3 nitrogen and oxygen atoms in total. The summed E-state index contributed by atoms with van der Waals surface area (Å²) in [7, 11) is 0. The van der Waals surface area contributed by atoms with Crippen molar-refractivity contribution in [2.75, 3.05) is 19.7 Å². The lowest BCUT2D eigenvalue weighted by Gasteiger charge is -2.32. The molecule has 1 heterocycles. The number of nitrogens with zero attached hydrogens (tertiary/aromatic N) is 1. The van der Waals surface area contributed by atoms with Crippen LogP contribution >= 0.6 is 11.6 Å². The smallest absolute Gasteiger partial charge is 0.410 e. The molecule has 0 aromatic heterocycles. The highest BCUT2D eigenvalue weighted by molar-refractivity contribution is 6.25. The number of rotatable bonds is 1. The average molecular weight is 176 g/mol. The largest absolute Gasteiger partial charge is 0.450 e. The fourth-order valence-corrected chi connectivity index (χ4v) is 0.995. The Bertz CT molecular complexity index is 183. The maximum Gasteiger partial charge on any atom is 0.410 e. The molecule has 1 saturated heterocycles. The lowest BCUT2D eigenvalue weighted by atomic mass is 10.1. The van der Waals surface area contributed by atoms with Crippen molar-refractivity contribution in [3.05, 3.63) is 11.1 Å². The Labute approximate surface area is 70.6 Å². The van der Waals surface area contributed by atoms with Crippen molar-refractivity contribution in [2.24, 2.45) is 0 Å². The quantitative estimate of drug-likeness (QED) is 0.606. The fraction of sp³-hybridized carbons (Fsp3) is 0.571. The second-order valence-electron chi connectivity index (χ2n) is 2.32. The number of ether oxygens (including phenoxy) is 1. The molecule has 1 rings (SSSR count). The van der Waals surface area contributed by atoms with Gasteiger partial charge < -0.3 is 9.64 Å². The lowest BCUT2D eigenvalue weighted by Crippen LogP contribution is -2.44. The van der Waals surface area contributed by atoms with E-state index >= 15 is 0 Å². The molecule has 1 amide bonds. The van der Waals surface area contributed by atoms with Crippen molar-refractivity contribution in [1.82, 2.24) is 4.90 Å². The van der Waals surface area contributed by atoms with Gasteiger partial charge in [-0.3, -0.25) is 0 Å². The molecular weight excluding hydrogens is 166 g/mol. The first-order valence-corrected chi connectivity index (χ1v) is 3.91. The summed E-state index contributed by atoms with van der Waals surface area (Å²) in [5.41, 5.74) is 2.58. The average Bonchev–Trinajstić information content (AvgIpc) is 1.86. The molecule has 62 valence electrons. The van der Waals surface area contributed by atoms with Gasteiger partial charge in [0.15, 0.2) is 0 Å². The number of carbonyl (C=O) groups is 1. The molecule has 4 heteroatoms. The number of hydrogen-bond acceptors (Lipinski definition) is 2. The van der Waals surface area contributed by atoms with E-state index in [0.29, 0.717) is 19.7 Å². The van der Waals surface area contributed by atoms with Gasteiger partial charge >= 0.3 is 6.09 Å². The van der Waals surface area contributed by atoms with Crippen LogP contribution in [0, 0.1) is 0 Å². The minimum Gasteiger partial charge on any atom is -0.450 e. The van der Waals surface area contributed by atoms with Crippen LogP contribution in [0.1, 0.15) is 6.92 Å². The zero-order chi connectivity index (χ0) is 8.27. The summed E-state index contributed by atoms with van der Waals surface area (Å²) in [4.78, 5) is 12.5. The normalized spacial score (nSPS) is 15.8. The zero-order valence-corrected chi connectivity index (χ0v) is 7.10. The van der Waals surface area contributed by atoms with Gasteiger partial charge in [0.1, 0.15) is 0 Å². The highest BCUT2D eigenvalue weighted by atomic mass is 35.5. The topological polar surface area (TPSA) is 29.5 Å². The third-order valence-corrected chi connectivity index (χ3v) is 1.78. The van der Waals surface area contributed by atoms with E-state index in [1.165, 1.54) is 5.54 Å². The van der Waals surface area contributed by atoms with Crippen molar-refractivity contribution < 1.29 is 9.53 Å². The maximum atomic E-state index is 10.9. The van der Waals surface area contributed by atoms with Crippen molar-refractivity contribution in [1.29, 1.82) is 0 Å². The Kier molecular flexibility index (Phi) is 2.76. The van der Waals surface area contributed by atoms with Crippen LogP contribution in [0.2, 0.25) is 0 Å². The molecule has 11 heavy (non-hydrogen) atoms.